The smallest absolute Gasteiger partial charge is 0.410 e. The van der Waals surface area contributed by atoms with Crippen molar-refractivity contribution in [3.63, 3.8) is 0 Å². The number of para-hydroxylation sites is 1. The lowest BCUT2D eigenvalue weighted by molar-refractivity contribution is 0.0240. The number of carbonyl (C=O) groups excluding carboxylic acids is 2. The van der Waals surface area contributed by atoms with Gasteiger partial charge in [-0.3, -0.25) is 4.79 Å². The lowest BCUT2D eigenvalue weighted by atomic mass is 10.2. The first-order valence-corrected chi connectivity index (χ1v) is 9.13. The number of aromatic nitrogens is 2. The van der Waals surface area contributed by atoms with Gasteiger partial charge in [0.2, 0.25) is 0 Å². The molecule has 7 heteroatoms. The summed E-state index contributed by atoms with van der Waals surface area (Å²) in [4.78, 5) is 27.8. The highest BCUT2D eigenvalue weighted by atomic mass is 16.6. The molecule has 1 fully saturated rings. The van der Waals surface area contributed by atoms with Gasteiger partial charge in [-0.15, -0.1) is 0 Å². The van der Waals surface area contributed by atoms with Crippen molar-refractivity contribution in [2.45, 2.75) is 33.3 Å². The van der Waals surface area contributed by atoms with Gasteiger partial charge < -0.3 is 14.5 Å². The molecule has 0 atom stereocenters. The van der Waals surface area contributed by atoms with Gasteiger partial charge in [0.1, 0.15) is 11.4 Å². The average Bonchev–Trinajstić information content (AvgIpc) is 2.97. The Balaban J connectivity index is 1.82. The lowest BCUT2D eigenvalue weighted by Crippen LogP contribution is -2.50. The molecule has 1 aliphatic heterocycles. The summed E-state index contributed by atoms with van der Waals surface area (Å²) in [6.45, 7) is 9.70. The molecule has 27 heavy (non-hydrogen) atoms. The van der Waals surface area contributed by atoms with Crippen LogP contribution in [0.15, 0.2) is 30.3 Å². The summed E-state index contributed by atoms with van der Waals surface area (Å²) < 4.78 is 7.26. The third-order valence-electron chi connectivity index (χ3n) is 4.43. The first kappa shape index (κ1) is 18.9. The zero-order valence-corrected chi connectivity index (χ0v) is 16.3. The van der Waals surface area contributed by atoms with Gasteiger partial charge in [0.25, 0.3) is 0 Å². The van der Waals surface area contributed by atoms with Crippen molar-refractivity contribution in [1.29, 1.82) is 0 Å². The van der Waals surface area contributed by atoms with Crippen molar-refractivity contribution in [2.75, 3.05) is 31.1 Å². The Labute approximate surface area is 159 Å². The number of ether oxygens (including phenoxy) is 1. The predicted octanol–water partition coefficient (Wildman–Crippen LogP) is 3.05. The molecule has 2 heterocycles. The van der Waals surface area contributed by atoms with E-state index >= 15 is 0 Å². The van der Waals surface area contributed by atoms with Crippen LogP contribution in [0.1, 0.15) is 36.8 Å². The van der Waals surface area contributed by atoms with Crippen LogP contribution in [0.4, 0.5) is 10.6 Å². The molecule has 0 radical (unpaired) electrons. The molecule has 7 nitrogen and oxygen atoms in total. The SMILES string of the molecule is Cc1nn(-c2ccccc2)c(N2CCN(C(=O)OC(C)(C)C)CC2)c1C=O. The average molecular weight is 370 g/mol. The summed E-state index contributed by atoms with van der Waals surface area (Å²) in [6.07, 6.45) is 0.558. The second kappa shape index (κ2) is 7.42. The molecule has 0 spiro atoms. The molecule has 0 unspecified atom stereocenters. The van der Waals surface area contributed by atoms with Gasteiger partial charge in [-0.1, -0.05) is 18.2 Å². The Morgan fingerprint density at radius 2 is 1.74 bits per heavy atom. The maximum atomic E-state index is 12.3. The quantitative estimate of drug-likeness (QED) is 0.777. The zero-order chi connectivity index (χ0) is 19.6. The van der Waals surface area contributed by atoms with E-state index in [0.717, 1.165) is 17.8 Å². The van der Waals surface area contributed by atoms with E-state index in [4.69, 9.17) is 4.74 Å². The fourth-order valence-corrected chi connectivity index (χ4v) is 3.15. The van der Waals surface area contributed by atoms with E-state index in [1.54, 1.807) is 4.90 Å². The molecule has 1 aromatic carbocycles. The van der Waals surface area contributed by atoms with E-state index in [1.165, 1.54) is 0 Å². The summed E-state index contributed by atoms with van der Waals surface area (Å²) in [5.74, 6) is 0.775. The number of hydrogen-bond donors (Lipinski definition) is 0. The Kier molecular flexibility index (Phi) is 5.21. The van der Waals surface area contributed by atoms with Crippen molar-refractivity contribution in [3.05, 3.63) is 41.6 Å². The van der Waals surface area contributed by atoms with Gasteiger partial charge in [0.05, 0.1) is 16.9 Å². The normalized spacial score (nSPS) is 15.0. The molecule has 1 aromatic heterocycles. The molecule has 3 rings (SSSR count). The molecule has 0 bridgehead atoms. The Morgan fingerprint density at radius 1 is 1.11 bits per heavy atom. The van der Waals surface area contributed by atoms with Gasteiger partial charge >= 0.3 is 6.09 Å². The van der Waals surface area contributed by atoms with Crippen molar-refractivity contribution in [2.24, 2.45) is 0 Å². The molecule has 1 saturated heterocycles. The van der Waals surface area contributed by atoms with Crippen molar-refractivity contribution >= 4 is 18.2 Å². The second-order valence-electron chi connectivity index (χ2n) is 7.64. The van der Waals surface area contributed by atoms with Crippen LogP contribution >= 0.6 is 0 Å². The number of piperazine rings is 1. The van der Waals surface area contributed by atoms with Crippen LogP contribution in [0.2, 0.25) is 0 Å². The molecule has 0 saturated carbocycles. The Morgan fingerprint density at radius 3 is 2.30 bits per heavy atom. The maximum absolute atomic E-state index is 12.3. The fourth-order valence-electron chi connectivity index (χ4n) is 3.15. The summed E-state index contributed by atoms with van der Waals surface area (Å²) in [7, 11) is 0. The molecule has 0 N–H and O–H groups in total. The molecule has 2 aromatic rings. The highest BCUT2D eigenvalue weighted by molar-refractivity contribution is 5.85. The van der Waals surface area contributed by atoms with Gasteiger partial charge in [-0.05, 0) is 39.8 Å². The minimum Gasteiger partial charge on any atom is -0.444 e. The fraction of sp³-hybridized carbons (Fsp3) is 0.450. The minimum absolute atomic E-state index is 0.300. The summed E-state index contributed by atoms with van der Waals surface area (Å²) in [6, 6.07) is 9.75. The van der Waals surface area contributed by atoms with Gasteiger partial charge in [-0.2, -0.15) is 5.10 Å². The number of aldehydes is 1. The summed E-state index contributed by atoms with van der Waals surface area (Å²) >= 11 is 0. The van der Waals surface area contributed by atoms with Crippen LogP contribution in [0.3, 0.4) is 0 Å². The summed E-state index contributed by atoms with van der Waals surface area (Å²) in [5, 5.41) is 4.57. The standard InChI is InChI=1S/C20H26N4O3/c1-15-17(14-25)18(24(21-15)16-8-6-5-7-9-16)22-10-12-23(13-11-22)19(26)27-20(2,3)4/h5-9,14H,10-13H2,1-4H3. The van der Waals surface area contributed by atoms with Crippen molar-refractivity contribution < 1.29 is 14.3 Å². The molecule has 0 aliphatic carbocycles. The molecule has 144 valence electrons. The summed E-state index contributed by atoms with van der Waals surface area (Å²) in [5.41, 5.74) is 1.67. The molecule has 1 amide bonds. The Bertz CT molecular complexity index is 816. The van der Waals surface area contributed by atoms with Crippen LogP contribution in [0.5, 0.6) is 0 Å². The number of aryl methyl sites for hydroxylation is 1. The van der Waals surface area contributed by atoms with E-state index in [1.807, 2.05) is 62.7 Å². The number of benzene rings is 1. The first-order chi connectivity index (χ1) is 12.8. The van der Waals surface area contributed by atoms with E-state index in [0.29, 0.717) is 37.4 Å². The highest BCUT2D eigenvalue weighted by Crippen LogP contribution is 2.27. The Hall–Kier alpha value is -2.83. The lowest BCUT2D eigenvalue weighted by Gasteiger charge is -2.36. The predicted molar refractivity (Wildman–Crippen MR) is 104 cm³/mol. The van der Waals surface area contributed by atoms with Crippen LogP contribution in [0.25, 0.3) is 5.69 Å². The number of anilines is 1. The van der Waals surface area contributed by atoms with Gasteiger partial charge in [0.15, 0.2) is 6.29 Å². The largest absolute Gasteiger partial charge is 0.444 e. The van der Waals surface area contributed by atoms with E-state index < -0.39 is 5.60 Å². The maximum Gasteiger partial charge on any atom is 0.410 e. The number of amides is 1. The van der Waals surface area contributed by atoms with Gasteiger partial charge in [-0.25, -0.2) is 9.48 Å². The third-order valence-corrected chi connectivity index (χ3v) is 4.43. The number of rotatable bonds is 3. The van der Waals surface area contributed by atoms with Crippen molar-refractivity contribution in [3.8, 4) is 5.69 Å². The van der Waals surface area contributed by atoms with E-state index in [2.05, 4.69) is 10.00 Å². The molecular formula is C20H26N4O3. The first-order valence-electron chi connectivity index (χ1n) is 9.13. The zero-order valence-electron chi connectivity index (χ0n) is 16.3. The highest BCUT2D eigenvalue weighted by Gasteiger charge is 2.29. The number of hydrogen-bond acceptors (Lipinski definition) is 5. The third kappa shape index (κ3) is 4.13. The second-order valence-corrected chi connectivity index (χ2v) is 7.64. The monoisotopic (exact) mass is 370 g/mol. The van der Waals surface area contributed by atoms with Crippen LogP contribution in [0, 0.1) is 6.92 Å². The van der Waals surface area contributed by atoms with Crippen LogP contribution in [-0.2, 0) is 4.74 Å². The topological polar surface area (TPSA) is 67.7 Å². The van der Waals surface area contributed by atoms with E-state index in [9.17, 15) is 9.59 Å². The molecule has 1 aliphatic rings. The van der Waals surface area contributed by atoms with Crippen LogP contribution < -0.4 is 4.90 Å². The molecular weight excluding hydrogens is 344 g/mol. The van der Waals surface area contributed by atoms with E-state index in [-0.39, 0.29) is 6.09 Å². The van der Waals surface area contributed by atoms with Crippen molar-refractivity contribution in [1.82, 2.24) is 14.7 Å². The van der Waals surface area contributed by atoms with Gasteiger partial charge in [0, 0.05) is 26.2 Å². The number of carbonyl (C=O) groups is 2. The number of nitrogens with zero attached hydrogens (tertiary/aromatic N) is 4. The van der Waals surface area contributed by atoms with Crippen LogP contribution in [-0.4, -0.2) is 58.8 Å². The minimum atomic E-state index is -0.512.